The molecule has 98 valence electrons. The topological polar surface area (TPSA) is 18.5 Å². The molecule has 0 aliphatic heterocycles. The Kier molecular flexibility index (Phi) is 11.3. The molecule has 0 bridgehead atoms. The van der Waals surface area contributed by atoms with Crippen LogP contribution in [0.4, 0.5) is 0 Å². The molecule has 0 N–H and O–H groups in total. The maximum absolute atomic E-state index is 5.60. The molecule has 1 atom stereocenters. The Balaban J connectivity index is 3.60. The molecular weight excluding hydrogens is 200 g/mol. The van der Waals surface area contributed by atoms with Crippen LogP contribution in [0, 0.1) is 5.92 Å². The van der Waals surface area contributed by atoms with Crippen LogP contribution in [0.5, 0.6) is 0 Å². The van der Waals surface area contributed by atoms with Gasteiger partial charge in [-0.3, -0.25) is 0 Å². The monoisotopic (exact) mass is 230 g/mol. The molecule has 1 unspecified atom stereocenters. The molecule has 0 radical (unpaired) electrons. The van der Waals surface area contributed by atoms with Crippen LogP contribution in [-0.2, 0) is 9.47 Å². The Morgan fingerprint density at radius 1 is 0.812 bits per heavy atom. The molecule has 0 amide bonds. The Labute approximate surface area is 102 Å². The van der Waals surface area contributed by atoms with E-state index in [1.165, 1.54) is 38.5 Å². The second-order valence-corrected chi connectivity index (χ2v) is 4.46. The standard InChI is InChI=1S/C14H30O2/c1-5-8-9-10-11-12-13(4)14(15-6-2)16-7-3/h13-14H,5-12H2,1-4H3. The summed E-state index contributed by atoms with van der Waals surface area (Å²) in [6, 6.07) is 0. The average molecular weight is 230 g/mol. The van der Waals surface area contributed by atoms with E-state index >= 15 is 0 Å². The summed E-state index contributed by atoms with van der Waals surface area (Å²) in [5, 5.41) is 0. The predicted octanol–water partition coefficient (Wildman–Crippen LogP) is 4.38. The molecule has 0 aromatic heterocycles. The molecule has 0 rings (SSSR count). The van der Waals surface area contributed by atoms with Crippen LogP contribution in [0.1, 0.15) is 66.2 Å². The highest BCUT2D eigenvalue weighted by atomic mass is 16.7. The Morgan fingerprint density at radius 2 is 1.38 bits per heavy atom. The third-order valence-electron chi connectivity index (χ3n) is 2.89. The Bertz CT molecular complexity index is 131. The first-order valence-corrected chi connectivity index (χ1v) is 6.99. The maximum atomic E-state index is 5.60. The van der Waals surface area contributed by atoms with Gasteiger partial charge in [-0.25, -0.2) is 0 Å². The molecular formula is C14H30O2. The van der Waals surface area contributed by atoms with Gasteiger partial charge in [0.1, 0.15) is 0 Å². The minimum atomic E-state index is 0.00109. The smallest absolute Gasteiger partial charge is 0.160 e. The van der Waals surface area contributed by atoms with Crippen molar-refractivity contribution in [1.29, 1.82) is 0 Å². The van der Waals surface area contributed by atoms with E-state index in [4.69, 9.17) is 9.47 Å². The van der Waals surface area contributed by atoms with Gasteiger partial charge in [0.25, 0.3) is 0 Å². The van der Waals surface area contributed by atoms with Gasteiger partial charge in [-0.15, -0.1) is 0 Å². The summed E-state index contributed by atoms with van der Waals surface area (Å²) >= 11 is 0. The van der Waals surface area contributed by atoms with Crippen LogP contribution >= 0.6 is 0 Å². The summed E-state index contributed by atoms with van der Waals surface area (Å²) in [6.45, 7) is 10.0. The lowest BCUT2D eigenvalue weighted by atomic mass is 10.0. The molecule has 0 saturated heterocycles. The van der Waals surface area contributed by atoms with Crippen LogP contribution in [0.15, 0.2) is 0 Å². The van der Waals surface area contributed by atoms with Crippen molar-refractivity contribution in [2.24, 2.45) is 5.92 Å². The van der Waals surface area contributed by atoms with Gasteiger partial charge < -0.3 is 9.47 Å². The normalized spacial score (nSPS) is 13.3. The minimum Gasteiger partial charge on any atom is -0.353 e. The summed E-state index contributed by atoms with van der Waals surface area (Å²) < 4.78 is 11.2. The minimum absolute atomic E-state index is 0.00109. The molecule has 0 aliphatic carbocycles. The second kappa shape index (κ2) is 11.4. The van der Waals surface area contributed by atoms with Gasteiger partial charge in [0.2, 0.25) is 0 Å². The highest BCUT2D eigenvalue weighted by Gasteiger charge is 2.16. The first-order chi connectivity index (χ1) is 7.76. The molecule has 16 heavy (non-hydrogen) atoms. The van der Waals surface area contributed by atoms with E-state index in [1.807, 2.05) is 13.8 Å². The van der Waals surface area contributed by atoms with E-state index in [9.17, 15) is 0 Å². The molecule has 0 spiro atoms. The zero-order valence-corrected chi connectivity index (χ0v) is 11.6. The fourth-order valence-electron chi connectivity index (χ4n) is 1.91. The van der Waals surface area contributed by atoms with Crippen LogP contribution in [0.25, 0.3) is 0 Å². The molecule has 0 aromatic rings. The lowest BCUT2D eigenvalue weighted by molar-refractivity contribution is -0.164. The van der Waals surface area contributed by atoms with Crippen LogP contribution < -0.4 is 0 Å². The quantitative estimate of drug-likeness (QED) is 0.387. The van der Waals surface area contributed by atoms with Crippen LogP contribution in [-0.4, -0.2) is 19.5 Å². The number of unbranched alkanes of at least 4 members (excludes halogenated alkanes) is 4. The molecule has 0 fully saturated rings. The van der Waals surface area contributed by atoms with Crippen molar-refractivity contribution < 1.29 is 9.47 Å². The van der Waals surface area contributed by atoms with Gasteiger partial charge in [0.15, 0.2) is 6.29 Å². The van der Waals surface area contributed by atoms with E-state index in [2.05, 4.69) is 13.8 Å². The average Bonchev–Trinajstić information content (AvgIpc) is 2.28. The van der Waals surface area contributed by atoms with E-state index in [1.54, 1.807) is 0 Å². The van der Waals surface area contributed by atoms with Gasteiger partial charge in [0.05, 0.1) is 0 Å². The van der Waals surface area contributed by atoms with Crippen molar-refractivity contribution in [3.8, 4) is 0 Å². The van der Waals surface area contributed by atoms with Gasteiger partial charge in [0, 0.05) is 19.1 Å². The van der Waals surface area contributed by atoms with E-state index in [0.29, 0.717) is 5.92 Å². The fourth-order valence-corrected chi connectivity index (χ4v) is 1.91. The third-order valence-corrected chi connectivity index (χ3v) is 2.89. The highest BCUT2D eigenvalue weighted by Crippen LogP contribution is 2.17. The van der Waals surface area contributed by atoms with Crippen molar-refractivity contribution in [2.45, 2.75) is 72.5 Å². The van der Waals surface area contributed by atoms with Gasteiger partial charge in [-0.05, 0) is 20.3 Å². The molecule has 2 nitrogen and oxygen atoms in total. The summed E-state index contributed by atoms with van der Waals surface area (Å²) in [7, 11) is 0. The molecule has 2 heteroatoms. The van der Waals surface area contributed by atoms with Crippen LogP contribution in [0.3, 0.4) is 0 Å². The predicted molar refractivity (Wildman–Crippen MR) is 69.6 cm³/mol. The molecule has 0 saturated carbocycles. The highest BCUT2D eigenvalue weighted by molar-refractivity contribution is 4.58. The molecule has 0 aliphatic rings. The summed E-state index contributed by atoms with van der Waals surface area (Å²) in [5.74, 6) is 0.515. The van der Waals surface area contributed by atoms with Crippen LogP contribution in [0.2, 0.25) is 0 Å². The fraction of sp³-hybridized carbons (Fsp3) is 1.00. The number of rotatable bonds is 11. The van der Waals surface area contributed by atoms with E-state index < -0.39 is 0 Å². The zero-order chi connectivity index (χ0) is 12.2. The van der Waals surface area contributed by atoms with Crippen molar-refractivity contribution in [3.05, 3.63) is 0 Å². The first-order valence-electron chi connectivity index (χ1n) is 6.99. The first kappa shape index (κ1) is 15.9. The maximum Gasteiger partial charge on any atom is 0.160 e. The van der Waals surface area contributed by atoms with Gasteiger partial charge >= 0.3 is 0 Å². The number of hydrogen-bond donors (Lipinski definition) is 0. The Morgan fingerprint density at radius 3 is 1.88 bits per heavy atom. The molecule has 0 heterocycles. The zero-order valence-electron chi connectivity index (χ0n) is 11.6. The van der Waals surface area contributed by atoms with Crippen molar-refractivity contribution >= 4 is 0 Å². The summed E-state index contributed by atoms with van der Waals surface area (Å²) in [4.78, 5) is 0. The summed E-state index contributed by atoms with van der Waals surface area (Å²) in [6.07, 6.45) is 7.93. The Hall–Kier alpha value is -0.0800. The second-order valence-electron chi connectivity index (χ2n) is 4.46. The van der Waals surface area contributed by atoms with Crippen molar-refractivity contribution in [3.63, 3.8) is 0 Å². The SMILES string of the molecule is CCCCCCCC(C)C(OCC)OCC. The number of hydrogen-bond acceptors (Lipinski definition) is 2. The lowest BCUT2D eigenvalue weighted by Gasteiger charge is -2.23. The van der Waals surface area contributed by atoms with Crippen molar-refractivity contribution in [2.75, 3.05) is 13.2 Å². The van der Waals surface area contributed by atoms with Gasteiger partial charge in [-0.1, -0.05) is 46.0 Å². The van der Waals surface area contributed by atoms with E-state index in [-0.39, 0.29) is 6.29 Å². The summed E-state index contributed by atoms with van der Waals surface area (Å²) in [5.41, 5.74) is 0. The largest absolute Gasteiger partial charge is 0.353 e. The van der Waals surface area contributed by atoms with Crippen molar-refractivity contribution in [1.82, 2.24) is 0 Å². The van der Waals surface area contributed by atoms with Gasteiger partial charge in [-0.2, -0.15) is 0 Å². The third kappa shape index (κ3) is 8.12. The number of ether oxygens (including phenoxy) is 2. The lowest BCUT2D eigenvalue weighted by Crippen LogP contribution is -2.25. The molecule has 0 aromatic carbocycles. The van der Waals surface area contributed by atoms with E-state index in [0.717, 1.165) is 13.2 Å².